The van der Waals surface area contributed by atoms with E-state index in [1.54, 1.807) is 12.3 Å². The first-order chi connectivity index (χ1) is 8.39. The lowest BCUT2D eigenvalue weighted by atomic mass is 10.1. The molecule has 2 rings (SSSR count). The first-order valence-electron chi connectivity index (χ1n) is 5.35. The number of nitrogens with zero attached hydrogens (tertiary/aromatic N) is 3. The molecule has 2 N–H and O–H groups in total. The molecule has 0 radical (unpaired) electrons. The molecule has 0 amide bonds. The molecule has 0 aliphatic rings. The molecule has 2 aromatic rings. The quantitative estimate of drug-likeness (QED) is 0.882. The summed E-state index contributed by atoms with van der Waals surface area (Å²) in [5, 5.41) is 4.02. The molecule has 1 atom stereocenters. The van der Waals surface area contributed by atoms with Crippen molar-refractivity contribution in [2.75, 3.05) is 6.26 Å². The van der Waals surface area contributed by atoms with Gasteiger partial charge in [-0.05, 0) is 13.0 Å². The summed E-state index contributed by atoms with van der Waals surface area (Å²) in [6.45, 7) is 1.83. The van der Waals surface area contributed by atoms with Crippen molar-refractivity contribution in [3.8, 4) is 5.82 Å². The highest BCUT2D eigenvalue weighted by Crippen LogP contribution is 2.18. The summed E-state index contributed by atoms with van der Waals surface area (Å²) in [6.07, 6.45) is 5.49. The van der Waals surface area contributed by atoms with E-state index in [1.807, 2.05) is 13.0 Å². The van der Waals surface area contributed by atoms with Crippen LogP contribution >= 0.6 is 0 Å². The number of rotatable bonds is 3. The molecule has 0 aliphatic heterocycles. The van der Waals surface area contributed by atoms with E-state index < -0.39 is 9.84 Å². The van der Waals surface area contributed by atoms with Crippen molar-refractivity contribution in [1.29, 1.82) is 0 Å². The number of aromatic nitrogens is 3. The monoisotopic (exact) mass is 266 g/mol. The van der Waals surface area contributed by atoms with Crippen LogP contribution in [0.3, 0.4) is 0 Å². The molecule has 18 heavy (non-hydrogen) atoms. The van der Waals surface area contributed by atoms with Gasteiger partial charge >= 0.3 is 0 Å². The summed E-state index contributed by atoms with van der Waals surface area (Å²) < 4.78 is 24.2. The van der Waals surface area contributed by atoms with Gasteiger partial charge < -0.3 is 5.73 Å². The topological polar surface area (TPSA) is 90.9 Å². The molecule has 6 nitrogen and oxygen atoms in total. The highest BCUT2D eigenvalue weighted by atomic mass is 32.2. The Hall–Kier alpha value is -1.73. The van der Waals surface area contributed by atoms with Gasteiger partial charge in [0.05, 0.1) is 12.4 Å². The minimum Gasteiger partial charge on any atom is -0.324 e. The van der Waals surface area contributed by atoms with Crippen LogP contribution in [0.2, 0.25) is 0 Å². The van der Waals surface area contributed by atoms with Gasteiger partial charge in [-0.2, -0.15) is 5.10 Å². The van der Waals surface area contributed by atoms with Gasteiger partial charge in [0.2, 0.25) is 0 Å². The second kappa shape index (κ2) is 4.51. The van der Waals surface area contributed by atoms with Gasteiger partial charge in [0.15, 0.2) is 15.7 Å². The smallest absolute Gasteiger partial charge is 0.178 e. The molecule has 2 aromatic heterocycles. The molecule has 0 aromatic carbocycles. The zero-order valence-corrected chi connectivity index (χ0v) is 10.9. The van der Waals surface area contributed by atoms with Gasteiger partial charge in [-0.15, -0.1) is 0 Å². The second-order valence-corrected chi connectivity index (χ2v) is 6.11. The van der Waals surface area contributed by atoms with Crippen LogP contribution in [0.25, 0.3) is 5.82 Å². The first kappa shape index (κ1) is 12.7. The number of hydrogen-bond donors (Lipinski definition) is 1. The summed E-state index contributed by atoms with van der Waals surface area (Å²) in [4.78, 5) is 4.35. The predicted octanol–water partition coefficient (Wildman–Crippen LogP) is 0.691. The fourth-order valence-electron chi connectivity index (χ4n) is 1.57. The summed E-state index contributed by atoms with van der Waals surface area (Å²) in [5.74, 6) is 0.544. The standard InChI is InChI=1S/C11H14N4O2S/c1-8(12)10-4-3-5-13-11(10)15-7-9(6-14-15)18(2,16)17/h3-8H,12H2,1-2H3/t8-/m1/s1. The first-order valence-corrected chi connectivity index (χ1v) is 7.24. The van der Waals surface area contributed by atoms with Crippen LogP contribution in [0.4, 0.5) is 0 Å². The Morgan fingerprint density at radius 3 is 2.72 bits per heavy atom. The average Bonchev–Trinajstić information content (AvgIpc) is 2.77. The van der Waals surface area contributed by atoms with E-state index in [4.69, 9.17) is 5.73 Å². The lowest BCUT2D eigenvalue weighted by Crippen LogP contribution is -2.11. The molecule has 0 unspecified atom stereocenters. The van der Waals surface area contributed by atoms with Crippen molar-refractivity contribution >= 4 is 9.84 Å². The van der Waals surface area contributed by atoms with Crippen LogP contribution < -0.4 is 5.73 Å². The Morgan fingerprint density at radius 1 is 1.44 bits per heavy atom. The number of sulfone groups is 1. The molecule has 0 aliphatic carbocycles. The maximum absolute atomic E-state index is 11.4. The zero-order chi connectivity index (χ0) is 13.3. The van der Waals surface area contributed by atoms with Gasteiger partial charge in [-0.25, -0.2) is 18.1 Å². The van der Waals surface area contributed by atoms with Crippen molar-refractivity contribution in [2.45, 2.75) is 17.9 Å². The van der Waals surface area contributed by atoms with Crippen LogP contribution in [0.1, 0.15) is 18.5 Å². The molecule has 2 heterocycles. The van der Waals surface area contributed by atoms with E-state index >= 15 is 0 Å². The normalized spacial score (nSPS) is 13.5. The molecular weight excluding hydrogens is 252 g/mol. The van der Waals surface area contributed by atoms with Crippen molar-refractivity contribution in [3.05, 3.63) is 36.3 Å². The molecule has 0 saturated heterocycles. The largest absolute Gasteiger partial charge is 0.324 e. The number of pyridine rings is 1. The van der Waals surface area contributed by atoms with Crippen molar-refractivity contribution < 1.29 is 8.42 Å². The number of hydrogen-bond acceptors (Lipinski definition) is 5. The third-order valence-corrected chi connectivity index (χ3v) is 3.58. The molecule has 0 fully saturated rings. The maximum atomic E-state index is 11.4. The summed E-state index contributed by atoms with van der Waals surface area (Å²) in [6, 6.07) is 3.41. The van der Waals surface area contributed by atoms with Crippen molar-refractivity contribution in [2.24, 2.45) is 5.73 Å². The van der Waals surface area contributed by atoms with Crippen LogP contribution in [0.5, 0.6) is 0 Å². The fourth-order valence-corrected chi connectivity index (χ4v) is 2.10. The Labute approximate surface area is 105 Å². The number of nitrogens with two attached hydrogens (primary N) is 1. The third-order valence-electron chi connectivity index (χ3n) is 2.51. The van der Waals surface area contributed by atoms with E-state index in [-0.39, 0.29) is 10.9 Å². The maximum Gasteiger partial charge on any atom is 0.178 e. The van der Waals surface area contributed by atoms with Crippen LogP contribution in [-0.2, 0) is 9.84 Å². The average molecular weight is 266 g/mol. The van der Waals surface area contributed by atoms with E-state index in [2.05, 4.69) is 10.1 Å². The third kappa shape index (κ3) is 2.41. The van der Waals surface area contributed by atoms with E-state index in [9.17, 15) is 8.42 Å². The van der Waals surface area contributed by atoms with Gasteiger partial charge in [-0.3, -0.25) is 0 Å². The molecule has 96 valence electrons. The van der Waals surface area contributed by atoms with Crippen LogP contribution in [0, 0.1) is 0 Å². The minimum atomic E-state index is -3.27. The van der Waals surface area contributed by atoms with E-state index in [0.29, 0.717) is 5.82 Å². The molecular formula is C11H14N4O2S. The zero-order valence-electron chi connectivity index (χ0n) is 10.1. The predicted molar refractivity (Wildman–Crippen MR) is 67.1 cm³/mol. The van der Waals surface area contributed by atoms with Gasteiger partial charge in [0, 0.05) is 24.1 Å². The second-order valence-electron chi connectivity index (χ2n) is 4.10. The Bertz CT molecular complexity index is 661. The Kier molecular flexibility index (Phi) is 3.18. The van der Waals surface area contributed by atoms with Crippen molar-refractivity contribution in [3.63, 3.8) is 0 Å². The van der Waals surface area contributed by atoms with Gasteiger partial charge in [-0.1, -0.05) is 6.07 Å². The molecule has 0 saturated carbocycles. The van der Waals surface area contributed by atoms with Crippen LogP contribution in [0.15, 0.2) is 35.6 Å². The van der Waals surface area contributed by atoms with Crippen molar-refractivity contribution in [1.82, 2.24) is 14.8 Å². The Morgan fingerprint density at radius 2 is 2.17 bits per heavy atom. The lowest BCUT2D eigenvalue weighted by molar-refractivity contribution is 0.602. The van der Waals surface area contributed by atoms with E-state index in [1.165, 1.54) is 17.1 Å². The highest BCUT2D eigenvalue weighted by molar-refractivity contribution is 7.90. The SMILES string of the molecule is C[C@@H](N)c1cccnc1-n1cc(S(C)(=O)=O)cn1. The highest BCUT2D eigenvalue weighted by Gasteiger charge is 2.14. The Balaban J connectivity index is 2.53. The fraction of sp³-hybridized carbons (Fsp3) is 0.273. The van der Waals surface area contributed by atoms with Gasteiger partial charge in [0.25, 0.3) is 0 Å². The molecule has 0 spiro atoms. The summed E-state index contributed by atoms with van der Waals surface area (Å²) in [5.41, 5.74) is 6.65. The van der Waals surface area contributed by atoms with Crippen LogP contribution in [-0.4, -0.2) is 29.4 Å². The molecule has 0 bridgehead atoms. The summed E-state index contributed by atoms with van der Waals surface area (Å²) >= 11 is 0. The minimum absolute atomic E-state index is 0.156. The summed E-state index contributed by atoms with van der Waals surface area (Å²) in [7, 11) is -3.27. The molecule has 7 heteroatoms. The van der Waals surface area contributed by atoms with Gasteiger partial charge in [0.1, 0.15) is 4.90 Å². The lowest BCUT2D eigenvalue weighted by Gasteiger charge is -2.10. The van der Waals surface area contributed by atoms with E-state index in [0.717, 1.165) is 11.8 Å².